The number of unbranched alkanes of at least 4 members (excludes halogenated alkanes) is 2. The average Bonchev–Trinajstić information content (AvgIpc) is 3.00. The van der Waals surface area contributed by atoms with E-state index >= 15 is 0 Å². The van der Waals surface area contributed by atoms with Gasteiger partial charge in [0.05, 0.1) is 6.04 Å². The molecule has 2 fully saturated rings. The molecule has 2 aliphatic rings. The van der Waals surface area contributed by atoms with Crippen molar-refractivity contribution < 1.29 is 4.79 Å². The van der Waals surface area contributed by atoms with Gasteiger partial charge in [-0.15, -0.1) is 0 Å². The lowest BCUT2D eigenvalue weighted by molar-refractivity contribution is -0.127. The second-order valence-electron chi connectivity index (χ2n) is 6.75. The number of hydrogen-bond donors (Lipinski definition) is 1. The quantitative estimate of drug-likeness (QED) is 0.732. The summed E-state index contributed by atoms with van der Waals surface area (Å²) in [5.41, 5.74) is 0. The molecule has 1 heterocycles. The summed E-state index contributed by atoms with van der Waals surface area (Å²) in [5, 5.41) is 3.23. The molecule has 1 aliphatic heterocycles. The van der Waals surface area contributed by atoms with E-state index in [-0.39, 0.29) is 11.9 Å². The van der Waals surface area contributed by atoms with Crippen LogP contribution in [0.25, 0.3) is 0 Å². The number of nitrogens with one attached hydrogen (secondary N) is 1. The Bertz CT molecular complexity index is 307. The second kappa shape index (κ2) is 8.74. The molecule has 1 N–H and O–H groups in total. The van der Waals surface area contributed by atoms with E-state index in [0.29, 0.717) is 6.04 Å². The summed E-state index contributed by atoms with van der Waals surface area (Å²) >= 11 is 0. The fourth-order valence-corrected chi connectivity index (χ4v) is 3.52. The summed E-state index contributed by atoms with van der Waals surface area (Å²) in [6.07, 6.45) is 8.83. The van der Waals surface area contributed by atoms with Gasteiger partial charge in [-0.05, 0) is 32.7 Å². The lowest BCUT2D eigenvalue weighted by atomic mass is 10.1. The molecule has 2 rings (SSSR count). The molecule has 0 spiro atoms. The van der Waals surface area contributed by atoms with E-state index in [9.17, 15) is 4.79 Å². The van der Waals surface area contributed by atoms with E-state index in [1.807, 2.05) is 0 Å². The van der Waals surface area contributed by atoms with Crippen LogP contribution in [0.4, 0.5) is 0 Å². The lowest BCUT2D eigenvalue weighted by Crippen LogP contribution is -2.54. The molecule has 1 aliphatic carbocycles. The molecule has 4 nitrogen and oxygen atoms in total. The summed E-state index contributed by atoms with van der Waals surface area (Å²) in [5.74, 6) is 0.237. The first-order valence-corrected chi connectivity index (χ1v) is 8.97. The van der Waals surface area contributed by atoms with Crippen molar-refractivity contribution in [2.45, 2.75) is 70.9 Å². The lowest BCUT2D eigenvalue weighted by Gasteiger charge is -2.37. The first-order valence-electron chi connectivity index (χ1n) is 8.97. The number of nitrogens with zero attached hydrogens (tertiary/aromatic N) is 2. The molecular weight excluding hydrogens is 262 g/mol. The molecule has 1 atom stereocenters. The minimum absolute atomic E-state index is 0.0309. The predicted octanol–water partition coefficient (Wildman–Crippen LogP) is 2.24. The van der Waals surface area contributed by atoms with Crippen LogP contribution >= 0.6 is 0 Å². The summed E-state index contributed by atoms with van der Waals surface area (Å²) in [6.45, 7) is 9.84. The first kappa shape index (κ1) is 16.8. The smallest absolute Gasteiger partial charge is 0.237 e. The SMILES string of the molecule is CCCCCN1CCN(C(C)C(=O)NC2CCCC2)CC1. The van der Waals surface area contributed by atoms with Crippen molar-refractivity contribution in [3.8, 4) is 0 Å². The van der Waals surface area contributed by atoms with Crippen LogP contribution < -0.4 is 5.32 Å². The van der Waals surface area contributed by atoms with Crippen LogP contribution in [0.5, 0.6) is 0 Å². The third-order valence-corrected chi connectivity index (χ3v) is 5.11. The Morgan fingerprint density at radius 1 is 1.14 bits per heavy atom. The van der Waals surface area contributed by atoms with Crippen LogP contribution in [0.1, 0.15) is 58.8 Å². The highest BCUT2D eigenvalue weighted by atomic mass is 16.2. The molecular formula is C17H33N3O. The predicted molar refractivity (Wildman–Crippen MR) is 87.4 cm³/mol. The van der Waals surface area contributed by atoms with E-state index in [4.69, 9.17) is 0 Å². The van der Waals surface area contributed by atoms with Gasteiger partial charge in [0, 0.05) is 32.2 Å². The minimum atomic E-state index is 0.0309. The van der Waals surface area contributed by atoms with E-state index in [1.165, 1.54) is 51.5 Å². The van der Waals surface area contributed by atoms with Crippen molar-refractivity contribution in [2.75, 3.05) is 32.7 Å². The number of amides is 1. The maximum absolute atomic E-state index is 12.3. The number of carbonyl (C=O) groups excluding carboxylic acids is 1. The summed E-state index contributed by atoms with van der Waals surface area (Å²) in [4.78, 5) is 17.2. The zero-order valence-electron chi connectivity index (χ0n) is 13.9. The van der Waals surface area contributed by atoms with Crippen LogP contribution in [0, 0.1) is 0 Å². The third kappa shape index (κ3) is 5.26. The van der Waals surface area contributed by atoms with E-state index in [0.717, 1.165) is 26.2 Å². The summed E-state index contributed by atoms with van der Waals surface area (Å²) in [6, 6.07) is 0.471. The van der Waals surface area contributed by atoms with Crippen LogP contribution in [0.3, 0.4) is 0 Å². The number of rotatable bonds is 7. The highest BCUT2D eigenvalue weighted by Gasteiger charge is 2.27. The van der Waals surface area contributed by atoms with E-state index < -0.39 is 0 Å². The Morgan fingerprint density at radius 3 is 2.43 bits per heavy atom. The van der Waals surface area contributed by atoms with Crippen molar-refractivity contribution in [3.05, 3.63) is 0 Å². The number of hydrogen-bond acceptors (Lipinski definition) is 3. The molecule has 1 amide bonds. The zero-order valence-corrected chi connectivity index (χ0v) is 13.9. The van der Waals surface area contributed by atoms with Gasteiger partial charge < -0.3 is 10.2 Å². The second-order valence-corrected chi connectivity index (χ2v) is 6.75. The van der Waals surface area contributed by atoms with Crippen molar-refractivity contribution in [1.29, 1.82) is 0 Å². The number of piperazine rings is 1. The van der Waals surface area contributed by atoms with Gasteiger partial charge in [-0.1, -0.05) is 32.6 Å². The highest BCUT2D eigenvalue weighted by molar-refractivity contribution is 5.81. The number of carbonyl (C=O) groups is 1. The maximum Gasteiger partial charge on any atom is 0.237 e. The first-order chi connectivity index (χ1) is 10.2. The van der Waals surface area contributed by atoms with Gasteiger partial charge in [0.25, 0.3) is 0 Å². The van der Waals surface area contributed by atoms with Crippen molar-refractivity contribution in [1.82, 2.24) is 15.1 Å². The van der Waals surface area contributed by atoms with Crippen LogP contribution in [0.15, 0.2) is 0 Å². The van der Waals surface area contributed by atoms with Gasteiger partial charge in [-0.3, -0.25) is 9.69 Å². The summed E-state index contributed by atoms with van der Waals surface area (Å²) in [7, 11) is 0. The van der Waals surface area contributed by atoms with Crippen LogP contribution in [-0.2, 0) is 4.79 Å². The van der Waals surface area contributed by atoms with Crippen LogP contribution in [-0.4, -0.2) is 60.5 Å². The summed E-state index contributed by atoms with van der Waals surface area (Å²) < 4.78 is 0. The topological polar surface area (TPSA) is 35.6 Å². The Balaban J connectivity index is 1.67. The molecule has 0 aromatic rings. The van der Waals surface area contributed by atoms with Gasteiger partial charge in [0.15, 0.2) is 0 Å². The molecule has 0 aromatic heterocycles. The molecule has 21 heavy (non-hydrogen) atoms. The zero-order chi connectivity index (χ0) is 15.1. The van der Waals surface area contributed by atoms with E-state index in [2.05, 4.69) is 29.0 Å². The molecule has 0 radical (unpaired) electrons. The van der Waals surface area contributed by atoms with E-state index in [1.54, 1.807) is 0 Å². The molecule has 122 valence electrons. The van der Waals surface area contributed by atoms with Gasteiger partial charge >= 0.3 is 0 Å². The largest absolute Gasteiger partial charge is 0.352 e. The maximum atomic E-state index is 12.3. The van der Waals surface area contributed by atoms with Crippen molar-refractivity contribution >= 4 is 5.91 Å². The van der Waals surface area contributed by atoms with Gasteiger partial charge in [-0.25, -0.2) is 0 Å². The Morgan fingerprint density at radius 2 is 1.81 bits per heavy atom. The Kier molecular flexibility index (Phi) is 6.97. The molecule has 0 aromatic carbocycles. The van der Waals surface area contributed by atoms with Gasteiger partial charge in [-0.2, -0.15) is 0 Å². The average molecular weight is 295 g/mol. The molecule has 1 unspecified atom stereocenters. The minimum Gasteiger partial charge on any atom is -0.352 e. The molecule has 1 saturated carbocycles. The van der Waals surface area contributed by atoms with Gasteiger partial charge in [0.1, 0.15) is 0 Å². The fraction of sp³-hybridized carbons (Fsp3) is 0.941. The fourth-order valence-electron chi connectivity index (χ4n) is 3.52. The normalized spacial score (nSPS) is 23.3. The van der Waals surface area contributed by atoms with Crippen molar-refractivity contribution in [2.24, 2.45) is 0 Å². The third-order valence-electron chi connectivity index (χ3n) is 5.11. The highest BCUT2D eigenvalue weighted by Crippen LogP contribution is 2.18. The standard InChI is InChI=1S/C17H33N3O/c1-3-4-7-10-19-11-13-20(14-12-19)15(2)17(21)18-16-8-5-6-9-16/h15-16H,3-14H2,1-2H3,(H,18,21). The van der Waals surface area contributed by atoms with Gasteiger partial charge in [0.2, 0.25) is 5.91 Å². The van der Waals surface area contributed by atoms with Crippen LogP contribution in [0.2, 0.25) is 0 Å². The Hall–Kier alpha value is -0.610. The Labute approximate surface area is 130 Å². The molecule has 4 heteroatoms. The molecule has 1 saturated heterocycles. The van der Waals surface area contributed by atoms with Crippen molar-refractivity contribution in [3.63, 3.8) is 0 Å². The monoisotopic (exact) mass is 295 g/mol. The molecule has 0 bridgehead atoms.